The molecule has 0 N–H and O–H groups in total. The molecule has 29 heavy (non-hydrogen) atoms. The second kappa shape index (κ2) is 6.15. The van der Waals surface area contributed by atoms with E-state index in [2.05, 4.69) is 90.4 Å². The van der Waals surface area contributed by atoms with Crippen molar-refractivity contribution in [1.29, 1.82) is 0 Å². The lowest BCUT2D eigenvalue weighted by Crippen LogP contribution is -2.06. The third-order valence-electron chi connectivity index (χ3n) is 6.10. The van der Waals surface area contributed by atoms with Crippen LogP contribution in [0.25, 0.3) is 38.2 Å². The molecule has 1 nitrogen and oxygen atoms in total. The minimum absolute atomic E-state index is 0.940. The standard InChI is InChI=1S/C28H19N/c1-18-26-15-21-6-3-2-5-20(21)13-23(26)14-24-17-28-22(16-27(18)24)7-4-8-25(28)19-9-11-29-12-10-19/h2-13,15-17H,1,14H2. The van der Waals surface area contributed by atoms with Crippen LogP contribution in [0.5, 0.6) is 0 Å². The van der Waals surface area contributed by atoms with Gasteiger partial charge in [0.1, 0.15) is 0 Å². The smallest absolute Gasteiger partial charge is 0.0273 e. The van der Waals surface area contributed by atoms with E-state index >= 15 is 0 Å². The fourth-order valence-electron chi connectivity index (χ4n) is 4.65. The van der Waals surface area contributed by atoms with Crippen molar-refractivity contribution in [2.24, 2.45) is 0 Å². The Morgan fingerprint density at radius 3 is 2.07 bits per heavy atom. The zero-order chi connectivity index (χ0) is 19.4. The number of aromatic nitrogens is 1. The molecule has 0 radical (unpaired) electrons. The molecule has 1 aliphatic rings. The lowest BCUT2D eigenvalue weighted by atomic mass is 9.80. The van der Waals surface area contributed by atoms with Crippen molar-refractivity contribution in [3.05, 3.63) is 120 Å². The number of benzene rings is 4. The average Bonchev–Trinajstić information content (AvgIpc) is 2.77. The Morgan fingerprint density at radius 2 is 1.28 bits per heavy atom. The molecule has 136 valence electrons. The lowest BCUT2D eigenvalue weighted by molar-refractivity contribution is 1.15. The van der Waals surface area contributed by atoms with Crippen LogP contribution in [-0.2, 0) is 6.42 Å². The van der Waals surface area contributed by atoms with E-state index in [1.807, 2.05) is 12.4 Å². The summed E-state index contributed by atoms with van der Waals surface area (Å²) in [5.41, 5.74) is 8.85. The molecule has 0 saturated heterocycles. The van der Waals surface area contributed by atoms with Gasteiger partial charge in [-0.3, -0.25) is 4.98 Å². The quantitative estimate of drug-likeness (QED) is 0.303. The van der Waals surface area contributed by atoms with Crippen molar-refractivity contribution in [3.8, 4) is 11.1 Å². The molecule has 1 heterocycles. The molecule has 1 heteroatoms. The fourth-order valence-corrected chi connectivity index (χ4v) is 4.65. The maximum atomic E-state index is 4.48. The Hall–Kier alpha value is -3.71. The van der Waals surface area contributed by atoms with Gasteiger partial charge < -0.3 is 0 Å². The number of hydrogen-bond donors (Lipinski definition) is 0. The van der Waals surface area contributed by atoms with Gasteiger partial charge in [-0.2, -0.15) is 0 Å². The zero-order valence-electron chi connectivity index (χ0n) is 16.0. The summed E-state index contributed by atoms with van der Waals surface area (Å²) in [4.78, 5) is 4.17. The predicted octanol–water partition coefficient (Wildman–Crippen LogP) is 7.02. The van der Waals surface area contributed by atoms with Crippen LogP contribution in [-0.4, -0.2) is 4.98 Å². The molecule has 0 atom stereocenters. The van der Waals surface area contributed by atoms with Crippen molar-refractivity contribution < 1.29 is 0 Å². The maximum Gasteiger partial charge on any atom is 0.0273 e. The van der Waals surface area contributed by atoms with Gasteiger partial charge in [0, 0.05) is 12.4 Å². The predicted molar refractivity (Wildman–Crippen MR) is 122 cm³/mol. The van der Waals surface area contributed by atoms with Crippen LogP contribution >= 0.6 is 0 Å². The van der Waals surface area contributed by atoms with Gasteiger partial charge in [-0.25, -0.2) is 0 Å². The summed E-state index contributed by atoms with van der Waals surface area (Å²) in [5.74, 6) is 0. The Morgan fingerprint density at radius 1 is 0.621 bits per heavy atom. The third kappa shape index (κ3) is 2.51. The Kier molecular flexibility index (Phi) is 3.45. The minimum Gasteiger partial charge on any atom is -0.265 e. The Balaban J connectivity index is 1.57. The van der Waals surface area contributed by atoms with E-state index in [1.165, 1.54) is 54.9 Å². The van der Waals surface area contributed by atoms with E-state index in [0.717, 1.165) is 12.0 Å². The summed E-state index contributed by atoms with van der Waals surface area (Å²) >= 11 is 0. The van der Waals surface area contributed by atoms with E-state index in [0.29, 0.717) is 0 Å². The van der Waals surface area contributed by atoms with Crippen molar-refractivity contribution in [3.63, 3.8) is 0 Å². The van der Waals surface area contributed by atoms with Gasteiger partial charge in [0.2, 0.25) is 0 Å². The molecule has 0 saturated carbocycles. The summed E-state index contributed by atoms with van der Waals surface area (Å²) in [6, 6.07) is 28.6. The summed E-state index contributed by atoms with van der Waals surface area (Å²) in [6.45, 7) is 4.48. The SMILES string of the molecule is C=C1c2cc3ccccc3cc2Cc2cc3c(-c4ccncc4)cccc3cc21. The Labute approximate surface area is 170 Å². The van der Waals surface area contributed by atoms with Crippen LogP contribution in [0.2, 0.25) is 0 Å². The lowest BCUT2D eigenvalue weighted by Gasteiger charge is -2.24. The van der Waals surface area contributed by atoms with Crippen molar-refractivity contribution in [1.82, 2.24) is 4.98 Å². The first kappa shape index (κ1) is 16.3. The number of rotatable bonds is 1. The average molecular weight is 369 g/mol. The fraction of sp³-hybridized carbons (Fsp3) is 0.0357. The zero-order valence-corrected chi connectivity index (χ0v) is 16.0. The molecular weight excluding hydrogens is 350 g/mol. The minimum atomic E-state index is 0.940. The van der Waals surface area contributed by atoms with E-state index in [-0.39, 0.29) is 0 Å². The molecule has 0 fully saturated rings. The highest BCUT2D eigenvalue weighted by Crippen LogP contribution is 2.40. The first-order valence-electron chi connectivity index (χ1n) is 9.95. The largest absolute Gasteiger partial charge is 0.265 e. The molecule has 5 aromatic rings. The second-order valence-electron chi connectivity index (χ2n) is 7.78. The summed E-state index contributed by atoms with van der Waals surface area (Å²) in [7, 11) is 0. The van der Waals surface area contributed by atoms with Gasteiger partial charge in [-0.15, -0.1) is 0 Å². The van der Waals surface area contributed by atoms with Crippen LogP contribution in [0.15, 0.2) is 97.8 Å². The highest BCUT2D eigenvalue weighted by Gasteiger charge is 2.20. The number of pyridine rings is 1. The molecular formula is C28H19N. The van der Waals surface area contributed by atoms with Crippen molar-refractivity contribution in [2.45, 2.75) is 6.42 Å². The first-order chi connectivity index (χ1) is 14.3. The summed E-state index contributed by atoms with van der Waals surface area (Å²) in [6.07, 6.45) is 4.65. The van der Waals surface area contributed by atoms with E-state index in [1.54, 1.807) is 0 Å². The molecule has 0 amide bonds. The number of hydrogen-bond acceptors (Lipinski definition) is 1. The molecule has 0 aliphatic heterocycles. The second-order valence-corrected chi connectivity index (χ2v) is 7.78. The molecule has 6 rings (SSSR count). The van der Waals surface area contributed by atoms with Gasteiger partial charge in [0.25, 0.3) is 0 Å². The van der Waals surface area contributed by atoms with Crippen LogP contribution in [0.1, 0.15) is 22.3 Å². The number of fused-ring (bicyclic) bond motifs is 4. The van der Waals surface area contributed by atoms with Crippen LogP contribution < -0.4 is 0 Å². The molecule has 4 aromatic carbocycles. The van der Waals surface area contributed by atoms with Crippen LogP contribution in [0.4, 0.5) is 0 Å². The maximum absolute atomic E-state index is 4.48. The highest BCUT2D eigenvalue weighted by molar-refractivity contribution is 6.01. The first-order valence-corrected chi connectivity index (χ1v) is 9.95. The topological polar surface area (TPSA) is 12.9 Å². The Bertz CT molecular complexity index is 1430. The van der Waals surface area contributed by atoms with Gasteiger partial charge in [0.15, 0.2) is 0 Å². The highest BCUT2D eigenvalue weighted by atomic mass is 14.6. The molecule has 0 bridgehead atoms. The molecule has 1 aromatic heterocycles. The van der Waals surface area contributed by atoms with Crippen LogP contribution in [0, 0.1) is 0 Å². The van der Waals surface area contributed by atoms with Gasteiger partial charge in [-0.1, -0.05) is 55.1 Å². The van der Waals surface area contributed by atoms with Gasteiger partial charge in [0.05, 0.1) is 0 Å². The third-order valence-corrected chi connectivity index (χ3v) is 6.10. The molecule has 0 unspecified atom stereocenters. The van der Waals surface area contributed by atoms with E-state index < -0.39 is 0 Å². The molecule has 0 spiro atoms. The van der Waals surface area contributed by atoms with E-state index in [9.17, 15) is 0 Å². The van der Waals surface area contributed by atoms with Crippen LogP contribution in [0.3, 0.4) is 0 Å². The normalized spacial score (nSPS) is 12.8. The van der Waals surface area contributed by atoms with Crippen molar-refractivity contribution in [2.75, 3.05) is 0 Å². The number of nitrogens with zero attached hydrogens (tertiary/aromatic N) is 1. The van der Waals surface area contributed by atoms with Crippen molar-refractivity contribution >= 4 is 27.1 Å². The van der Waals surface area contributed by atoms with Gasteiger partial charge in [-0.05, 0) is 97.3 Å². The monoisotopic (exact) mass is 369 g/mol. The van der Waals surface area contributed by atoms with Gasteiger partial charge >= 0.3 is 0 Å². The van der Waals surface area contributed by atoms with E-state index in [4.69, 9.17) is 0 Å². The summed E-state index contributed by atoms with van der Waals surface area (Å²) in [5, 5.41) is 5.11. The molecule has 1 aliphatic carbocycles. The summed E-state index contributed by atoms with van der Waals surface area (Å²) < 4.78 is 0.